The van der Waals surface area contributed by atoms with Crippen LogP contribution in [0.15, 0.2) is 89.8 Å². The number of benzene rings is 3. The number of thioether (sulfide) groups is 1. The molecule has 0 saturated heterocycles. The van der Waals surface area contributed by atoms with Crippen LogP contribution in [0.5, 0.6) is 11.5 Å². The maximum absolute atomic E-state index is 14.2. The lowest BCUT2D eigenvalue weighted by Gasteiger charge is -2.34. The van der Waals surface area contributed by atoms with Gasteiger partial charge in [0.25, 0.3) is 5.91 Å². The fraction of sp³-hybridized carbons (Fsp3) is 0.240. The summed E-state index contributed by atoms with van der Waals surface area (Å²) in [5.74, 6) is -0.673. The number of hydrogen-bond acceptors (Lipinski definition) is 5. The molecule has 3 aromatic rings. The van der Waals surface area contributed by atoms with Gasteiger partial charge in [0.15, 0.2) is 0 Å². The second-order valence-electron chi connectivity index (χ2n) is 7.31. The molecule has 0 aliphatic carbocycles. The van der Waals surface area contributed by atoms with E-state index in [1.54, 1.807) is 66.7 Å². The maximum atomic E-state index is 14.2. The van der Waals surface area contributed by atoms with Gasteiger partial charge in [-0.1, -0.05) is 55.5 Å². The van der Waals surface area contributed by atoms with Gasteiger partial charge in [0.1, 0.15) is 11.5 Å². The normalized spacial score (nSPS) is 13.2. The van der Waals surface area contributed by atoms with Crippen LogP contribution in [0, 0.1) is 0 Å². The molecule has 1 amide bonds. The molecule has 5 nitrogen and oxygen atoms in total. The zero-order valence-corrected chi connectivity index (χ0v) is 19.3. The number of carbonyl (C=O) groups is 1. The molecule has 3 rings (SSSR count). The van der Waals surface area contributed by atoms with Crippen molar-refractivity contribution in [1.82, 2.24) is 10.8 Å². The summed E-state index contributed by atoms with van der Waals surface area (Å²) >= 11 is 0.913. The van der Waals surface area contributed by atoms with Crippen molar-refractivity contribution < 1.29 is 27.5 Å². The Bertz CT molecular complexity index is 1030. The van der Waals surface area contributed by atoms with Gasteiger partial charge in [0.05, 0.1) is 6.61 Å². The number of hydrogen-bond donors (Lipinski definition) is 2. The zero-order valence-electron chi connectivity index (χ0n) is 18.5. The van der Waals surface area contributed by atoms with Crippen LogP contribution < -0.4 is 15.5 Å². The molecule has 0 spiro atoms. The summed E-state index contributed by atoms with van der Waals surface area (Å²) in [6.07, 6.45) is -4.85. The second kappa shape index (κ2) is 11.9. The SMILES string of the molecule is CCNC(CSc1ccc(Oc2ccccc2)cc1)(C(=O)NOCc1ccccc1)C(F)(F)F. The highest BCUT2D eigenvalue weighted by molar-refractivity contribution is 7.99. The van der Waals surface area contributed by atoms with Crippen molar-refractivity contribution >= 4 is 17.7 Å². The van der Waals surface area contributed by atoms with Gasteiger partial charge < -0.3 is 4.74 Å². The van der Waals surface area contributed by atoms with E-state index < -0.39 is 23.4 Å². The molecule has 34 heavy (non-hydrogen) atoms. The lowest BCUT2D eigenvalue weighted by atomic mass is 10.0. The first-order valence-corrected chi connectivity index (χ1v) is 11.6. The molecule has 0 aromatic heterocycles. The highest BCUT2D eigenvalue weighted by Crippen LogP contribution is 2.36. The van der Waals surface area contributed by atoms with Crippen LogP contribution in [0.2, 0.25) is 0 Å². The van der Waals surface area contributed by atoms with E-state index in [1.807, 2.05) is 23.7 Å². The summed E-state index contributed by atoms with van der Waals surface area (Å²) in [5.41, 5.74) is -0.131. The Balaban J connectivity index is 1.67. The summed E-state index contributed by atoms with van der Waals surface area (Å²) in [4.78, 5) is 18.4. The van der Waals surface area contributed by atoms with Crippen molar-refractivity contribution in [3.05, 3.63) is 90.5 Å². The van der Waals surface area contributed by atoms with Gasteiger partial charge in [-0.25, -0.2) is 5.48 Å². The van der Waals surface area contributed by atoms with Gasteiger partial charge >= 0.3 is 6.18 Å². The molecule has 0 radical (unpaired) electrons. The van der Waals surface area contributed by atoms with E-state index in [1.165, 1.54) is 6.92 Å². The molecular weight excluding hydrogens is 465 g/mol. The lowest BCUT2D eigenvalue weighted by Crippen LogP contribution is -2.67. The average Bonchev–Trinajstić information content (AvgIpc) is 2.83. The van der Waals surface area contributed by atoms with Crippen molar-refractivity contribution in [2.24, 2.45) is 0 Å². The second-order valence-corrected chi connectivity index (χ2v) is 8.36. The smallest absolute Gasteiger partial charge is 0.416 e. The number of para-hydroxylation sites is 1. The number of carbonyl (C=O) groups excluding carboxylic acids is 1. The number of nitrogens with one attached hydrogen (secondary N) is 2. The molecule has 1 atom stereocenters. The molecule has 0 heterocycles. The first-order chi connectivity index (χ1) is 16.3. The minimum atomic E-state index is -4.85. The number of hydroxylamine groups is 1. The lowest BCUT2D eigenvalue weighted by molar-refractivity contribution is -0.200. The summed E-state index contributed by atoms with van der Waals surface area (Å²) in [7, 11) is 0. The number of ether oxygens (including phenoxy) is 1. The molecule has 0 saturated carbocycles. The first-order valence-electron chi connectivity index (χ1n) is 10.6. The van der Waals surface area contributed by atoms with E-state index in [0.29, 0.717) is 16.4 Å². The number of amides is 1. The molecule has 0 aliphatic rings. The third-order valence-electron chi connectivity index (χ3n) is 4.85. The Morgan fingerprint density at radius 1 is 0.882 bits per heavy atom. The molecular formula is C25H25F3N2O3S. The standard InChI is InChI=1S/C25H25F3N2O3S/c1-2-29-24(25(26,27)28,23(31)30-32-17-19-9-5-3-6-10-19)18-34-22-15-13-21(14-16-22)33-20-11-7-4-8-12-20/h3-16,29H,2,17-18H2,1H3,(H,30,31). The summed E-state index contributed by atoms with van der Waals surface area (Å²) in [6.45, 7) is 1.40. The minimum absolute atomic E-state index is 0.0529. The van der Waals surface area contributed by atoms with Gasteiger partial charge in [-0.3, -0.25) is 14.9 Å². The van der Waals surface area contributed by atoms with Crippen molar-refractivity contribution in [1.29, 1.82) is 0 Å². The van der Waals surface area contributed by atoms with E-state index >= 15 is 0 Å². The Morgan fingerprint density at radius 3 is 2.06 bits per heavy atom. The predicted octanol–water partition coefficient (Wildman–Crippen LogP) is 5.73. The van der Waals surface area contributed by atoms with Crippen LogP contribution in [-0.2, 0) is 16.2 Å². The van der Waals surface area contributed by atoms with Crippen LogP contribution in [0.4, 0.5) is 13.2 Å². The number of halogens is 3. The Labute approximate surface area is 200 Å². The number of alkyl halides is 3. The van der Waals surface area contributed by atoms with Crippen LogP contribution in [0.25, 0.3) is 0 Å². The monoisotopic (exact) mass is 490 g/mol. The zero-order chi connectivity index (χ0) is 24.4. The molecule has 0 fully saturated rings. The largest absolute Gasteiger partial charge is 0.457 e. The molecule has 0 bridgehead atoms. The summed E-state index contributed by atoms with van der Waals surface area (Å²) in [5, 5.41) is 2.34. The molecule has 2 N–H and O–H groups in total. The van der Waals surface area contributed by atoms with Gasteiger partial charge in [-0.15, -0.1) is 11.8 Å². The minimum Gasteiger partial charge on any atom is -0.457 e. The van der Waals surface area contributed by atoms with Crippen molar-refractivity contribution in [3.63, 3.8) is 0 Å². The van der Waals surface area contributed by atoms with Crippen LogP contribution in [-0.4, -0.2) is 29.9 Å². The molecule has 9 heteroatoms. The van der Waals surface area contributed by atoms with E-state index in [0.717, 1.165) is 17.3 Å². The molecule has 1 unspecified atom stereocenters. The fourth-order valence-electron chi connectivity index (χ4n) is 3.08. The van der Waals surface area contributed by atoms with E-state index in [2.05, 4.69) is 5.32 Å². The van der Waals surface area contributed by atoms with Gasteiger partial charge in [-0.05, 0) is 48.5 Å². The van der Waals surface area contributed by atoms with Crippen molar-refractivity contribution in [2.45, 2.75) is 30.1 Å². The van der Waals surface area contributed by atoms with Crippen LogP contribution in [0.3, 0.4) is 0 Å². The third kappa shape index (κ3) is 6.75. The topological polar surface area (TPSA) is 59.6 Å². The van der Waals surface area contributed by atoms with Crippen LogP contribution >= 0.6 is 11.8 Å². The quantitative estimate of drug-likeness (QED) is 0.266. The highest BCUT2D eigenvalue weighted by atomic mass is 32.2. The van der Waals surface area contributed by atoms with Gasteiger partial charge in [0, 0.05) is 10.6 Å². The van der Waals surface area contributed by atoms with Crippen molar-refractivity contribution in [2.75, 3.05) is 12.3 Å². The fourth-order valence-corrected chi connectivity index (χ4v) is 4.18. The number of likely N-dealkylation sites (N-methyl/N-ethyl adjacent to an activating group) is 1. The first kappa shape index (κ1) is 25.6. The summed E-state index contributed by atoms with van der Waals surface area (Å²) in [6, 6.07) is 24.6. The van der Waals surface area contributed by atoms with E-state index in [9.17, 15) is 18.0 Å². The Kier molecular flexibility index (Phi) is 8.98. The highest BCUT2D eigenvalue weighted by Gasteiger charge is 2.60. The Morgan fingerprint density at radius 2 is 1.47 bits per heavy atom. The van der Waals surface area contributed by atoms with Gasteiger partial charge in [0.2, 0.25) is 5.54 Å². The summed E-state index contributed by atoms with van der Waals surface area (Å²) < 4.78 is 48.2. The molecule has 180 valence electrons. The predicted molar refractivity (Wildman–Crippen MR) is 126 cm³/mol. The average molecular weight is 491 g/mol. The van der Waals surface area contributed by atoms with Gasteiger partial charge in [-0.2, -0.15) is 13.2 Å². The van der Waals surface area contributed by atoms with E-state index in [-0.39, 0.29) is 13.2 Å². The third-order valence-corrected chi connectivity index (χ3v) is 6.04. The van der Waals surface area contributed by atoms with Crippen molar-refractivity contribution in [3.8, 4) is 11.5 Å². The van der Waals surface area contributed by atoms with Crippen LogP contribution in [0.1, 0.15) is 12.5 Å². The number of rotatable bonds is 11. The Hall–Kier alpha value is -3.01. The molecule has 0 aliphatic heterocycles. The maximum Gasteiger partial charge on any atom is 0.416 e. The molecule has 3 aromatic carbocycles. The van der Waals surface area contributed by atoms with E-state index in [4.69, 9.17) is 9.57 Å².